The fraction of sp³-hybridized carbons (Fsp3) is 0.463. The molecule has 2 aliphatic heterocycles. The first-order chi connectivity index (χ1) is 25.0. The van der Waals surface area contributed by atoms with Crippen molar-refractivity contribution in [2.45, 2.75) is 94.4 Å². The number of hydrogen-bond acceptors (Lipinski definition) is 8. The van der Waals surface area contributed by atoms with Crippen LogP contribution in [0.5, 0.6) is 5.19 Å². The third kappa shape index (κ3) is 6.89. The average Bonchev–Trinajstić information content (AvgIpc) is 3.94. The van der Waals surface area contributed by atoms with Gasteiger partial charge in [0.15, 0.2) is 5.78 Å². The number of aromatic nitrogens is 1. The lowest BCUT2D eigenvalue weighted by molar-refractivity contribution is -0.142. The highest BCUT2D eigenvalue weighted by Crippen LogP contribution is 2.57. The Labute approximate surface area is 308 Å². The van der Waals surface area contributed by atoms with Gasteiger partial charge in [0.25, 0.3) is 5.19 Å². The van der Waals surface area contributed by atoms with Crippen molar-refractivity contribution in [2.75, 3.05) is 6.54 Å². The van der Waals surface area contributed by atoms with Gasteiger partial charge in [-0.25, -0.2) is 13.4 Å². The number of benzene rings is 3. The number of thiazole rings is 1. The molecule has 0 spiro atoms. The number of Topliss-reactive ketones (excluding diaryl/α,β-unsaturated/α-hetero) is 1. The smallest absolute Gasteiger partial charge is 0.274 e. The number of sulfonamides is 1. The second-order valence-corrected chi connectivity index (χ2v) is 18.8. The van der Waals surface area contributed by atoms with E-state index in [2.05, 4.69) is 46.1 Å². The molecule has 2 aliphatic carbocycles. The van der Waals surface area contributed by atoms with Crippen LogP contribution in [0.4, 0.5) is 0 Å². The molecular weight excluding hydrogens is 695 g/mol. The van der Waals surface area contributed by atoms with Gasteiger partial charge in [-0.05, 0) is 86.3 Å². The minimum Gasteiger partial charge on any atom is -0.465 e. The van der Waals surface area contributed by atoms with Crippen LogP contribution < -0.4 is 9.46 Å². The van der Waals surface area contributed by atoms with Crippen molar-refractivity contribution < 1.29 is 27.5 Å². The number of rotatable bonds is 7. The molecule has 0 unspecified atom stereocenters. The number of amides is 2. The molecule has 3 aromatic carbocycles. The van der Waals surface area contributed by atoms with E-state index in [1.165, 1.54) is 11.3 Å². The van der Waals surface area contributed by atoms with Crippen molar-refractivity contribution in [1.29, 1.82) is 0 Å². The van der Waals surface area contributed by atoms with Gasteiger partial charge in [0.1, 0.15) is 6.10 Å². The molecule has 4 aromatic rings. The van der Waals surface area contributed by atoms with Crippen molar-refractivity contribution in [1.82, 2.24) is 14.6 Å². The highest BCUT2D eigenvalue weighted by Gasteiger charge is 2.62. The van der Waals surface area contributed by atoms with Gasteiger partial charge in [-0.2, -0.15) is 0 Å². The van der Waals surface area contributed by atoms with Crippen molar-refractivity contribution in [2.24, 2.45) is 17.3 Å². The molecule has 3 heterocycles. The molecule has 0 radical (unpaired) electrons. The second kappa shape index (κ2) is 13.7. The van der Waals surface area contributed by atoms with Crippen LogP contribution in [0.15, 0.2) is 78.9 Å². The molecule has 1 saturated heterocycles. The molecular formula is C41H45N3O6S2. The van der Waals surface area contributed by atoms with E-state index in [0.29, 0.717) is 37.3 Å². The molecule has 4 aliphatic rings. The first kappa shape index (κ1) is 35.0. The van der Waals surface area contributed by atoms with E-state index >= 15 is 0 Å². The van der Waals surface area contributed by atoms with E-state index in [1.54, 1.807) is 11.8 Å². The van der Waals surface area contributed by atoms with Crippen molar-refractivity contribution in [3.05, 3.63) is 84.4 Å². The maximum Gasteiger partial charge on any atom is 0.274 e. The first-order valence-electron chi connectivity index (χ1n) is 18.6. The number of nitrogens with zero attached hydrogens (tertiary/aromatic N) is 2. The molecule has 9 nitrogen and oxygen atoms in total. The maximum absolute atomic E-state index is 14.8. The number of ether oxygens (including phenoxy) is 1. The minimum absolute atomic E-state index is 0.0787. The summed E-state index contributed by atoms with van der Waals surface area (Å²) in [6.07, 6.45) is 9.97. The summed E-state index contributed by atoms with van der Waals surface area (Å²) in [5.41, 5.74) is 0.732. The topological polar surface area (TPSA) is 123 Å². The molecule has 5 atom stereocenters. The predicted octanol–water partition coefficient (Wildman–Crippen LogP) is 7.14. The molecule has 52 heavy (non-hydrogen) atoms. The van der Waals surface area contributed by atoms with E-state index in [1.807, 2.05) is 42.5 Å². The molecule has 2 saturated carbocycles. The molecule has 3 fully saturated rings. The summed E-state index contributed by atoms with van der Waals surface area (Å²) in [6.45, 7) is 1.88. The fourth-order valence-electron chi connectivity index (χ4n) is 8.11. The number of nitrogens with one attached hydrogen (secondary N) is 1. The van der Waals surface area contributed by atoms with E-state index in [0.717, 1.165) is 52.2 Å². The third-order valence-electron chi connectivity index (χ3n) is 11.8. The van der Waals surface area contributed by atoms with Gasteiger partial charge in [-0.1, -0.05) is 90.9 Å². The van der Waals surface area contributed by atoms with Crippen LogP contribution in [0, 0.1) is 17.3 Å². The number of hydrogen-bond donors (Lipinski definition) is 1. The van der Waals surface area contributed by atoms with Crippen LogP contribution in [-0.4, -0.2) is 59.3 Å². The normalized spacial score (nSPS) is 28.4. The quantitative estimate of drug-likeness (QED) is 0.200. The average molecular weight is 740 g/mol. The van der Waals surface area contributed by atoms with E-state index in [-0.39, 0.29) is 42.9 Å². The lowest BCUT2D eigenvalue weighted by Crippen LogP contribution is -2.47. The van der Waals surface area contributed by atoms with E-state index < -0.39 is 38.2 Å². The number of carbonyl (C=O) groups excluding carboxylic acids is 3. The van der Waals surface area contributed by atoms with Crippen LogP contribution in [0.3, 0.4) is 0 Å². The van der Waals surface area contributed by atoms with E-state index in [4.69, 9.17) is 4.74 Å². The molecule has 1 N–H and O–H groups in total. The molecule has 272 valence electrons. The minimum atomic E-state index is -3.89. The zero-order valence-corrected chi connectivity index (χ0v) is 31.1. The lowest BCUT2D eigenvalue weighted by atomic mass is 9.89. The summed E-state index contributed by atoms with van der Waals surface area (Å²) in [5.74, 6) is -1.51. The standard InChI is InChI=1S/C41H45N3O6S2/c1-40(19-20-40)52(48,49)43-38(47)41-24-31(41)14-6-4-2-3-5-13-30(22-27-17-18-28-11-7-8-12-29(28)21-27)37(46)44-26-32(23-34(44)35(45)25-41)50-39-42-33-15-9-10-16-36(33)51-39/h6-12,14-18,21,30-32,34H,2-5,13,19-20,22-26H2,1H3,(H,43,47)/b14-6-/t30-,31+,32-,34+,41-/m1/s1. The highest BCUT2D eigenvalue weighted by atomic mass is 32.2. The van der Waals surface area contributed by atoms with Gasteiger partial charge < -0.3 is 9.64 Å². The highest BCUT2D eigenvalue weighted by molar-refractivity contribution is 7.91. The monoisotopic (exact) mass is 739 g/mol. The molecule has 11 heteroatoms. The van der Waals surface area contributed by atoms with Gasteiger partial charge in [0, 0.05) is 18.8 Å². The van der Waals surface area contributed by atoms with Crippen molar-refractivity contribution >= 4 is 59.9 Å². The molecule has 2 amide bonds. The van der Waals surface area contributed by atoms with Crippen LogP contribution >= 0.6 is 11.3 Å². The summed E-state index contributed by atoms with van der Waals surface area (Å²) < 4.78 is 35.2. The molecule has 8 rings (SSSR count). The van der Waals surface area contributed by atoms with Gasteiger partial charge >= 0.3 is 0 Å². The van der Waals surface area contributed by atoms with Gasteiger partial charge in [0.05, 0.1) is 33.0 Å². The summed E-state index contributed by atoms with van der Waals surface area (Å²) in [5, 5.41) is 2.75. The Balaban J connectivity index is 1.10. The Morgan fingerprint density at radius 2 is 1.81 bits per heavy atom. The molecule has 0 bridgehead atoms. The van der Waals surface area contributed by atoms with E-state index in [9.17, 15) is 22.8 Å². The Kier molecular flexibility index (Phi) is 9.22. The lowest BCUT2D eigenvalue weighted by Gasteiger charge is -2.29. The fourth-order valence-corrected chi connectivity index (χ4v) is 10.3. The Morgan fingerprint density at radius 1 is 1.02 bits per heavy atom. The number of carbonyl (C=O) groups is 3. The predicted molar refractivity (Wildman–Crippen MR) is 202 cm³/mol. The van der Waals surface area contributed by atoms with Crippen molar-refractivity contribution in [3.63, 3.8) is 0 Å². The van der Waals surface area contributed by atoms with Crippen LogP contribution in [-0.2, 0) is 30.8 Å². The Hall–Kier alpha value is -4.09. The number of allylic oxidation sites excluding steroid dienone is 2. The number of fused-ring (bicyclic) bond motifs is 4. The zero-order valence-electron chi connectivity index (χ0n) is 29.5. The van der Waals surface area contributed by atoms with Crippen molar-refractivity contribution in [3.8, 4) is 5.19 Å². The maximum atomic E-state index is 14.8. The van der Waals surface area contributed by atoms with Gasteiger partial charge in [-0.3, -0.25) is 19.1 Å². The first-order valence-corrected chi connectivity index (χ1v) is 20.9. The zero-order chi connectivity index (χ0) is 36.1. The molecule has 1 aromatic heterocycles. The summed E-state index contributed by atoms with van der Waals surface area (Å²) >= 11 is 1.43. The number of ketones is 1. The van der Waals surface area contributed by atoms with Crippen LogP contribution in [0.2, 0.25) is 0 Å². The largest absolute Gasteiger partial charge is 0.465 e. The Bertz CT molecular complexity index is 2140. The SMILES string of the molecule is CC1(S(=O)(=O)NC(=O)[C@]23CC(=O)[C@@H]4C[C@@H](Oc5nc6ccccc6s5)CN4C(=O)[C@@H](Cc4ccc5ccccc5c4)CCCCC/C=C\[C@H]2C3)CC1. The van der Waals surface area contributed by atoms with Crippen LogP contribution in [0.1, 0.15) is 76.7 Å². The summed E-state index contributed by atoms with van der Waals surface area (Å²) in [7, 11) is -3.89. The second-order valence-electron chi connectivity index (χ2n) is 15.6. The third-order valence-corrected chi connectivity index (χ3v) is 14.9. The van der Waals surface area contributed by atoms with Crippen LogP contribution in [0.25, 0.3) is 21.0 Å². The number of para-hydroxylation sites is 1. The van der Waals surface area contributed by atoms with Gasteiger partial charge in [0.2, 0.25) is 21.8 Å². The Morgan fingerprint density at radius 3 is 2.62 bits per heavy atom. The summed E-state index contributed by atoms with van der Waals surface area (Å²) in [6, 6.07) is 21.5. The van der Waals surface area contributed by atoms with Gasteiger partial charge in [-0.15, -0.1) is 0 Å². The summed E-state index contributed by atoms with van der Waals surface area (Å²) in [4.78, 5) is 49.5.